The second-order valence-corrected chi connectivity index (χ2v) is 7.88. The van der Waals surface area contributed by atoms with Gasteiger partial charge < -0.3 is 15.0 Å². The SMILES string of the molecule is CC(=O)N1CCC(C(=O)N[C@H]2COC[C@H]2Cc2ccnc3ccccc23)CC1. The largest absolute Gasteiger partial charge is 0.379 e. The Bertz CT molecular complexity index is 856. The quantitative estimate of drug-likeness (QED) is 0.881. The topological polar surface area (TPSA) is 71.5 Å². The Hall–Kier alpha value is -2.47. The van der Waals surface area contributed by atoms with Crippen molar-refractivity contribution in [2.45, 2.75) is 32.2 Å². The van der Waals surface area contributed by atoms with Crippen LogP contribution in [0.2, 0.25) is 0 Å². The van der Waals surface area contributed by atoms with E-state index in [1.807, 2.05) is 29.3 Å². The lowest BCUT2D eigenvalue weighted by molar-refractivity contribution is -0.134. The lowest BCUT2D eigenvalue weighted by Crippen LogP contribution is -2.47. The van der Waals surface area contributed by atoms with Gasteiger partial charge in [0.1, 0.15) is 0 Å². The van der Waals surface area contributed by atoms with Crippen molar-refractivity contribution < 1.29 is 14.3 Å². The zero-order chi connectivity index (χ0) is 19.5. The number of nitrogens with one attached hydrogen (secondary N) is 1. The van der Waals surface area contributed by atoms with Crippen molar-refractivity contribution in [2.75, 3.05) is 26.3 Å². The van der Waals surface area contributed by atoms with Crippen LogP contribution >= 0.6 is 0 Å². The molecule has 2 atom stereocenters. The summed E-state index contributed by atoms with van der Waals surface area (Å²) in [5.41, 5.74) is 2.24. The second-order valence-electron chi connectivity index (χ2n) is 7.88. The summed E-state index contributed by atoms with van der Waals surface area (Å²) in [6, 6.07) is 10.3. The molecule has 0 radical (unpaired) electrons. The van der Waals surface area contributed by atoms with Gasteiger partial charge in [0.15, 0.2) is 0 Å². The number of hydrogen-bond acceptors (Lipinski definition) is 4. The fraction of sp³-hybridized carbons (Fsp3) is 0.500. The molecule has 1 aromatic carbocycles. The predicted molar refractivity (Wildman–Crippen MR) is 107 cm³/mol. The first-order valence-corrected chi connectivity index (χ1v) is 10.1. The molecule has 2 aliphatic heterocycles. The first kappa shape index (κ1) is 18.9. The minimum absolute atomic E-state index is 0.0152. The van der Waals surface area contributed by atoms with Crippen molar-refractivity contribution in [3.05, 3.63) is 42.1 Å². The molecule has 6 heteroatoms. The van der Waals surface area contributed by atoms with Gasteiger partial charge in [-0.1, -0.05) is 18.2 Å². The molecule has 6 nitrogen and oxygen atoms in total. The molecule has 28 heavy (non-hydrogen) atoms. The fourth-order valence-electron chi connectivity index (χ4n) is 4.33. The highest BCUT2D eigenvalue weighted by Crippen LogP contribution is 2.25. The van der Waals surface area contributed by atoms with Crippen molar-refractivity contribution in [1.29, 1.82) is 0 Å². The molecule has 3 heterocycles. The number of para-hydroxylation sites is 1. The fourth-order valence-corrected chi connectivity index (χ4v) is 4.33. The Morgan fingerprint density at radius 1 is 1.18 bits per heavy atom. The Balaban J connectivity index is 1.38. The van der Waals surface area contributed by atoms with Crippen molar-refractivity contribution in [3.8, 4) is 0 Å². The highest BCUT2D eigenvalue weighted by molar-refractivity contribution is 5.82. The monoisotopic (exact) mass is 381 g/mol. The molecule has 1 aromatic heterocycles. The smallest absolute Gasteiger partial charge is 0.223 e. The molecule has 2 fully saturated rings. The van der Waals surface area contributed by atoms with Crippen LogP contribution in [0.1, 0.15) is 25.3 Å². The molecular weight excluding hydrogens is 354 g/mol. The van der Waals surface area contributed by atoms with Gasteiger partial charge in [-0.05, 0) is 37.0 Å². The van der Waals surface area contributed by atoms with E-state index in [0.29, 0.717) is 26.3 Å². The van der Waals surface area contributed by atoms with E-state index < -0.39 is 0 Å². The van der Waals surface area contributed by atoms with Gasteiger partial charge in [-0.2, -0.15) is 0 Å². The van der Waals surface area contributed by atoms with Gasteiger partial charge >= 0.3 is 0 Å². The minimum atomic E-state index is -0.0152. The molecule has 148 valence electrons. The molecule has 0 aliphatic carbocycles. The summed E-state index contributed by atoms with van der Waals surface area (Å²) in [4.78, 5) is 30.5. The third-order valence-electron chi connectivity index (χ3n) is 6.06. The van der Waals surface area contributed by atoms with E-state index in [0.717, 1.165) is 24.8 Å². The first-order chi connectivity index (χ1) is 13.6. The summed E-state index contributed by atoms with van der Waals surface area (Å²) in [6.45, 7) is 4.14. The van der Waals surface area contributed by atoms with Crippen LogP contribution in [0.5, 0.6) is 0 Å². The number of rotatable bonds is 4. The number of ether oxygens (including phenoxy) is 1. The molecule has 2 saturated heterocycles. The van der Waals surface area contributed by atoms with E-state index in [9.17, 15) is 9.59 Å². The number of carbonyl (C=O) groups excluding carboxylic acids is 2. The molecule has 0 spiro atoms. The van der Waals surface area contributed by atoms with E-state index >= 15 is 0 Å². The highest BCUT2D eigenvalue weighted by Gasteiger charge is 2.33. The summed E-state index contributed by atoms with van der Waals surface area (Å²) in [5, 5.41) is 4.39. The molecule has 1 N–H and O–H groups in total. The maximum absolute atomic E-state index is 12.8. The molecule has 2 amide bonds. The van der Waals surface area contributed by atoms with Crippen LogP contribution < -0.4 is 5.32 Å². The molecule has 2 aliphatic rings. The van der Waals surface area contributed by atoms with E-state index in [2.05, 4.69) is 22.4 Å². The van der Waals surface area contributed by atoms with Gasteiger partial charge in [-0.3, -0.25) is 14.6 Å². The van der Waals surface area contributed by atoms with Crippen LogP contribution in [0.4, 0.5) is 0 Å². The van der Waals surface area contributed by atoms with Crippen LogP contribution in [0.15, 0.2) is 36.5 Å². The number of hydrogen-bond donors (Lipinski definition) is 1. The maximum atomic E-state index is 12.8. The number of amides is 2. The Morgan fingerprint density at radius 2 is 1.96 bits per heavy atom. The number of piperidine rings is 1. The third kappa shape index (κ3) is 4.02. The first-order valence-electron chi connectivity index (χ1n) is 10.1. The summed E-state index contributed by atoms with van der Waals surface area (Å²) in [6.07, 6.45) is 4.18. The number of aromatic nitrogens is 1. The number of nitrogens with zero attached hydrogens (tertiary/aromatic N) is 2. The Morgan fingerprint density at radius 3 is 2.75 bits per heavy atom. The van der Waals surface area contributed by atoms with Crippen LogP contribution in [-0.4, -0.2) is 54.0 Å². The molecule has 0 bridgehead atoms. The lowest BCUT2D eigenvalue weighted by atomic mass is 9.91. The van der Waals surface area contributed by atoms with Gasteiger partial charge in [0.25, 0.3) is 0 Å². The summed E-state index contributed by atoms with van der Waals surface area (Å²) in [5.74, 6) is 0.432. The van der Waals surface area contributed by atoms with E-state index in [-0.39, 0.29) is 29.7 Å². The van der Waals surface area contributed by atoms with Crippen molar-refractivity contribution >= 4 is 22.7 Å². The maximum Gasteiger partial charge on any atom is 0.223 e. The Labute approximate surface area is 165 Å². The number of fused-ring (bicyclic) bond motifs is 1. The van der Waals surface area contributed by atoms with Gasteiger partial charge in [0.2, 0.25) is 11.8 Å². The molecule has 4 rings (SSSR count). The average molecular weight is 381 g/mol. The van der Waals surface area contributed by atoms with Crippen LogP contribution in [0.25, 0.3) is 10.9 Å². The second kappa shape index (κ2) is 8.27. The Kier molecular flexibility index (Phi) is 5.57. The van der Waals surface area contributed by atoms with Gasteiger partial charge in [-0.15, -0.1) is 0 Å². The van der Waals surface area contributed by atoms with Crippen molar-refractivity contribution in [2.24, 2.45) is 11.8 Å². The molecule has 2 aromatic rings. The standard InChI is InChI=1S/C22H27N3O3/c1-15(26)25-10-7-16(8-11-25)22(27)24-21-14-28-13-18(21)12-17-6-9-23-20-5-3-2-4-19(17)20/h2-6,9,16,18,21H,7-8,10-14H2,1H3,(H,24,27)/t18-,21+/m1/s1. The van der Waals surface area contributed by atoms with Gasteiger partial charge in [-0.25, -0.2) is 0 Å². The van der Waals surface area contributed by atoms with Crippen LogP contribution in [-0.2, 0) is 20.7 Å². The zero-order valence-corrected chi connectivity index (χ0v) is 16.3. The van der Waals surface area contributed by atoms with Crippen LogP contribution in [0.3, 0.4) is 0 Å². The zero-order valence-electron chi connectivity index (χ0n) is 16.3. The molecular formula is C22H27N3O3. The number of carbonyl (C=O) groups is 2. The van der Waals surface area contributed by atoms with E-state index in [1.54, 1.807) is 6.92 Å². The van der Waals surface area contributed by atoms with Crippen molar-refractivity contribution in [1.82, 2.24) is 15.2 Å². The van der Waals surface area contributed by atoms with Crippen LogP contribution in [0, 0.1) is 11.8 Å². The molecule has 0 saturated carbocycles. The summed E-state index contributed by atoms with van der Waals surface area (Å²) >= 11 is 0. The van der Waals surface area contributed by atoms with Crippen molar-refractivity contribution in [3.63, 3.8) is 0 Å². The average Bonchev–Trinajstić information content (AvgIpc) is 3.15. The highest BCUT2D eigenvalue weighted by atomic mass is 16.5. The van der Waals surface area contributed by atoms with E-state index in [1.165, 1.54) is 10.9 Å². The third-order valence-corrected chi connectivity index (χ3v) is 6.06. The van der Waals surface area contributed by atoms with E-state index in [4.69, 9.17) is 4.74 Å². The summed E-state index contributed by atoms with van der Waals surface area (Å²) < 4.78 is 5.71. The van der Waals surface area contributed by atoms with Gasteiger partial charge in [0, 0.05) is 43.4 Å². The van der Waals surface area contributed by atoms with Gasteiger partial charge in [0.05, 0.1) is 24.8 Å². The number of benzene rings is 1. The predicted octanol–water partition coefficient (Wildman–Crippen LogP) is 2.17. The number of pyridine rings is 1. The summed E-state index contributed by atoms with van der Waals surface area (Å²) in [7, 11) is 0. The normalized spacial score (nSPS) is 23.1. The number of likely N-dealkylation sites (tertiary alicyclic amines) is 1. The molecule has 0 unspecified atom stereocenters. The lowest BCUT2D eigenvalue weighted by Gasteiger charge is -2.31. The minimum Gasteiger partial charge on any atom is -0.379 e.